The molecule has 0 saturated carbocycles. The Morgan fingerprint density at radius 3 is 2.39 bits per heavy atom. The molecule has 2 heterocycles. The van der Waals surface area contributed by atoms with E-state index in [1.54, 1.807) is 12.0 Å². The summed E-state index contributed by atoms with van der Waals surface area (Å²) in [5.74, 6) is 0.709. The minimum atomic E-state index is -0.302. The predicted octanol–water partition coefficient (Wildman–Crippen LogP) is 3.47. The van der Waals surface area contributed by atoms with Crippen molar-refractivity contribution in [3.63, 3.8) is 0 Å². The van der Waals surface area contributed by atoms with E-state index < -0.39 is 0 Å². The lowest BCUT2D eigenvalue weighted by Gasteiger charge is -2.35. The van der Waals surface area contributed by atoms with Crippen molar-refractivity contribution in [3.8, 4) is 5.75 Å². The van der Waals surface area contributed by atoms with Crippen molar-refractivity contribution in [2.24, 2.45) is 5.92 Å². The molecule has 2 aromatic rings. The number of rotatable bonds is 6. The van der Waals surface area contributed by atoms with Crippen molar-refractivity contribution in [3.05, 3.63) is 54.1 Å². The first kappa shape index (κ1) is 20.9. The van der Waals surface area contributed by atoms with Crippen molar-refractivity contribution < 1.29 is 19.1 Å². The van der Waals surface area contributed by atoms with Gasteiger partial charge in [0.1, 0.15) is 12.0 Å². The van der Waals surface area contributed by atoms with Gasteiger partial charge >= 0.3 is 6.03 Å². The molecule has 0 N–H and O–H groups in total. The summed E-state index contributed by atoms with van der Waals surface area (Å²) in [7, 11) is 1.60. The molecule has 0 spiro atoms. The first-order chi connectivity index (χ1) is 15.1. The number of benzene rings is 2. The van der Waals surface area contributed by atoms with Gasteiger partial charge in [-0.1, -0.05) is 18.2 Å². The minimum absolute atomic E-state index is 0.139. The number of ether oxygens (including phenoxy) is 1. The Balaban J connectivity index is 1.49. The Morgan fingerprint density at radius 1 is 1.00 bits per heavy atom. The third kappa shape index (κ3) is 4.55. The minimum Gasteiger partial charge on any atom is -0.497 e. The van der Waals surface area contributed by atoms with E-state index in [1.165, 1.54) is 4.90 Å². The maximum atomic E-state index is 13.2. The summed E-state index contributed by atoms with van der Waals surface area (Å²) in [4.78, 5) is 41.9. The molecule has 0 atom stereocenters. The highest BCUT2D eigenvalue weighted by Gasteiger charge is 2.33. The van der Waals surface area contributed by atoms with Crippen LogP contribution >= 0.6 is 0 Å². The molecule has 31 heavy (non-hydrogen) atoms. The summed E-state index contributed by atoms with van der Waals surface area (Å²) < 4.78 is 5.17. The molecule has 162 valence electrons. The van der Waals surface area contributed by atoms with Gasteiger partial charge in [-0.05, 0) is 48.7 Å². The van der Waals surface area contributed by atoms with Crippen LogP contribution in [0, 0.1) is 5.92 Å². The topological polar surface area (TPSA) is 70.2 Å². The van der Waals surface area contributed by atoms with Crippen LogP contribution in [0.25, 0.3) is 0 Å². The zero-order valence-electron chi connectivity index (χ0n) is 17.7. The van der Waals surface area contributed by atoms with Gasteiger partial charge in [-0.25, -0.2) is 4.79 Å². The highest BCUT2D eigenvalue weighted by Crippen LogP contribution is 2.29. The lowest BCUT2D eigenvalue weighted by Crippen LogP contribution is -2.52. The lowest BCUT2D eigenvalue weighted by molar-refractivity contribution is -0.129. The second kappa shape index (κ2) is 9.20. The second-order valence-corrected chi connectivity index (χ2v) is 7.99. The Morgan fingerprint density at radius 2 is 1.71 bits per heavy atom. The third-order valence-corrected chi connectivity index (χ3v) is 6.05. The lowest BCUT2D eigenvalue weighted by atomic mass is 9.98. The van der Waals surface area contributed by atoms with Crippen LogP contribution in [0.2, 0.25) is 0 Å². The van der Waals surface area contributed by atoms with E-state index in [0.29, 0.717) is 6.54 Å². The maximum Gasteiger partial charge on any atom is 0.331 e. The number of urea groups is 1. The van der Waals surface area contributed by atoms with Crippen LogP contribution in [0.5, 0.6) is 5.75 Å². The van der Waals surface area contributed by atoms with Crippen molar-refractivity contribution in [1.82, 2.24) is 4.90 Å². The number of anilines is 2. The van der Waals surface area contributed by atoms with E-state index >= 15 is 0 Å². The van der Waals surface area contributed by atoms with Crippen LogP contribution in [-0.2, 0) is 16.1 Å². The van der Waals surface area contributed by atoms with Crippen molar-refractivity contribution in [1.29, 1.82) is 0 Å². The molecule has 2 aliphatic heterocycles. The van der Waals surface area contributed by atoms with Crippen molar-refractivity contribution in [2.45, 2.75) is 25.8 Å². The van der Waals surface area contributed by atoms with E-state index in [2.05, 4.69) is 4.90 Å². The van der Waals surface area contributed by atoms with E-state index in [-0.39, 0.29) is 30.8 Å². The molecular formula is C24H27N3O4. The normalized spacial score (nSPS) is 17.8. The standard InChI is InChI=1S/C24H27N3O4/c1-31-22-7-5-18(6-8-22)16-27-23(29)11-14-26(24(27)30)21-4-2-3-20(15-21)25-12-9-19(17-28)10-13-25/h2-8,15,17,19H,9-14,16H2,1H3. The Labute approximate surface area is 182 Å². The predicted molar refractivity (Wildman–Crippen MR) is 118 cm³/mol. The second-order valence-electron chi connectivity index (χ2n) is 7.99. The van der Waals surface area contributed by atoms with Crippen molar-refractivity contribution >= 4 is 29.6 Å². The van der Waals surface area contributed by atoms with Crippen LogP contribution < -0.4 is 14.5 Å². The number of aldehydes is 1. The quantitative estimate of drug-likeness (QED) is 0.668. The molecule has 2 aromatic carbocycles. The van der Waals surface area contributed by atoms with Crippen LogP contribution in [0.1, 0.15) is 24.8 Å². The zero-order valence-corrected chi connectivity index (χ0v) is 17.7. The highest BCUT2D eigenvalue weighted by atomic mass is 16.5. The number of amides is 3. The molecule has 4 rings (SSSR count). The largest absolute Gasteiger partial charge is 0.497 e. The van der Waals surface area contributed by atoms with E-state index in [9.17, 15) is 14.4 Å². The Hall–Kier alpha value is -3.35. The summed E-state index contributed by atoms with van der Waals surface area (Å²) in [6.07, 6.45) is 3.03. The molecule has 7 nitrogen and oxygen atoms in total. The molecular weight excluding hydrogens is 394 g/mol. The Kier molecular flexibility index (Phi) is 6.21. The molecule has 0 aromatic heterocycles. The third-order valence-electron chi connectivity index (χ3n) is 6.05. The molecule has 0 unspecified atom stereocenters. The molecule has 3 amide bonds. The molecule has 0 bridgehead atoms. The molecule has 2 saturated heterocycles. The average molecular weight is 421 g/mol. The molecule has 0 radical (unpaired) electrons. The van der Waals surface area contributed by atoms with Gasteiger partial charge in [0.25, 0.3) is 0 Å². The molecule has 0 aliphatic carbocycles. The fourth-order valence-electron chi connectivity index (χ4n) is 4.15. The number of hydrogen-bond donors (Lipinski definition) is 0. The smallest absolute Gasteiger partial charge is 0.331 e. The number of piperidine rings is 1. The van der Waals surface area contributed by atoms with Gasteiger partial charge < -0.3 is 14.4 Å². The van der Waals surface area contributed by atoms with Crippen LogP contribution in [-0.4, -0.2) is 49.9 Å². The summed E-state index contributed by atoms with van der Waals surface area (Å²) in [6, 6.07) is 14.9. The van der Waals surface area contributed by atoms with Gasteiger partial charge in [0.2, 0.25) is 5.91 Å². The SMILES string of the molecule is COc1ccc(CN2C(=O)CCN(c3cccc(N4CCC(C=O)CC4)c3)C2=O)cc1. The number of hydrogen-bond acceptors (Lipinski definition) is 5. The van der Waals surface area contributed by atoms with Crippen LogP contribution in [0.3, 0.4) is 0 Å². The van der Waals surface area contributed by atoms with Crippen LogP contribution in [0.15, 0.2) is 48.5 Å². The average Bonchev–Trinajstić information content (AvgIpc) is 2.82. The van der Waals surface area contributed by atoms with Gasteiger partial charge in [-0.2, -0.15) is 0 Å². The van der Waals surface area contributed by atoms with E-state index in [4.69, 9.17) is 4.74 Å². The summed E-state index contributed by atoms with van der Waals surface area (Å²) >= 11 is 0. The number of imide groups is 1. The highest BCUT2D eigenvalue weighted by molar-refractivity contribution is 6.05. The monoisotopic (exact) mass is 421 g/mol. The van der Waals surface area contributed by atoms with Crippen LogP contribution in [0.4, 0.5) is 16.2 Å². The van der Waals surface area contributed by atoms with Gasteiger partial charge in [-0.3, -0.25) is 14.6 Å². The van der Waals surface area contributed by atoms with Gasteiger partial charge in [0.05, 0.1) is 13.7 Å². The zero-order chi connectivity index (χ0) is 21.8. The fraction of sp³-hybridized carbons (Fsp3) is 0.375. The fourth-order valence-corrected chi connectivity index (χ4v) is 4.15. The maximum absolute atomic E-state index is 13.2. The van der Waals surface area contributed by atoms with Gasteiger partial charge in [0.15, 0.2) is 0 Å². The summed E-state index contributed by atoms with van der Waals surface area (Å²) in [6.45, 7) is 2.25. The van der Waals surface area contributed by atoms with E-state index in [1.807, 2.05) is 48.5 Å². The summed E-state index contributed by atoms with van der Waals surface area (Å²) in [5, 5.41) is 0. The summed E-state index contributed by atoms with van der Waals surface area (Å²) in [5.41, 5.74) is 2.69. The van der Waals surface area contributed by atoms with Gasteiger partial charge in [0, 0.05) is 43.3 Å². The van der Waals surface area contributed by atoms with Gasteiger partial charge in [-0.15, -0.1) is 0 Å². The molecule has 7 heteroatoms. The number of nitrogens with zero attached hydrogens (tertiary/aromatic N) is 3. The first-order valence-electron chi connectivity index (χ1n) is 10.6. The first-order valence-corrected chi connectivity index (χ1v) is 10.6. The number of methoxy groups -OCH3 is 1. The number of carbonyl (C=O) groups is 3. The molecule has 2 aliphatic rings. The number of carbonyl (C=O) groups excluding carboxylic acids is 3. The molecule has 2 fully saturated rings. The van der Waals surface area contributed by atoms with E-state index in [0.717, 1.165) is 54.9 Å². The Bertz CT molecular complexity index is 952. The van der Waals surface area contributed by atoms with Crippen molar-refractivity contribution in [2.75, 3.05) is 36.5 Å².